The second-order valence-electron chi connectivity index (χ2n) is 5.49. The summed E-state index contributed by atoms with van der Waals surface area (Å²) in [6.45, 7) is 5.97. The minimum Gasteiger partial charge on any atom is -0.465 e. The molecule has 20 heavy (non-hydrogen) atoms. The van der Waals surface area contributed by atoms with Crippen LogP contribution in [0, 0.1) is 0 Å². The number of esters is 1. The first-order valence-electron chi connectivity index (χ1n) is 6.90. The second kappa shape index (κ2) is 6.35. The summed E-state index contributed by atoms with van der Waals surface area (Å²) in [7, 11) is 2.09. The first kappa shape index (κ1) is 15.6. The van der Waals surface area contributed by atoms with E-state index in [0.717, 1.165) is 16.6 Å². The van der Waals surface area contributed by atoms with Crippen LogP contribution >= 0.6 is 23.1 Å². The Kier molecular flexibility index (Phi) is 4.96. The van der Waals surface area contributed by atoms with Gasteiger partial charge < -0.3 is 9.64 Å². The van der Waals surface area contributed by atoms with Crippen molar-refractivity contribution in [2.45, 2.75) is 38.6 Å². The van der Waals surface area contributed by atoms with Gasteiger partial charge >= 0.3 is 5.97 Å². The summed E-state index contributed by atoms with van der Waals surface area (Å²) >= 11 is 3.59. The summed E-state index contributed by atoms with van der Waals surface area (Å²) in [5, 5.41) is 2.97. The molecule has 112 valence electrons. The van der Waals surface area contributed by atoms with Gasteiger partial charge in [0.05, 0.1) is 12.3 Å². The van der Waals surface area contributed by atoms with E-state index in [2.05, 4.69) is 16.9 Å². The molecular weight excluding hydrogens is 292 g/mol. The summed E-state index contributed by atoms with van der Waals surface area (Å²) in [6.07, 6.45) is 1.21. The fourth-order valence-electron chi connectivity index (χ4n) is 2.11. The molecule has 0 amide bonds. The number of ether oxygens (including phenoxy) is 1. The SMILES string of the molecule is CCOC(=O)C(C)(C)c1csc(N(C)C2CCSC2)n1. The van der Waals surface area contributed by atoms with Crippen molar-refractivity contribution < 1.29 is 9.53 Å². The van der Waals surface area contributed by atoms with Crippen LogP contribution in [0.4, 0.5) is 5.13 Å². The number of anilines is 1. The third kappa shape index (κ3) is 3.11. The smallest absolute Gasteiger partial charge is 0.317 e. The average Bonchev–Trinajstić information content (AvgIpc) is 3.09. The largest absolute Gasteiger partial charge is 0.465 e. The van der Waals surface area contributed by atoms with Gasteiger partial charge in [-0.05, 0) is 32.9 Å². The lowest BCUT2D eigenvalue weighted by molar-refractivity contribution is -0.148. The first-order valence-corrected chi connectivity index (χ1v) is 8.94. The number of nitrogens with zero attached hydrogens (tertiary/aromatic N) is 2. The van der Waals surface area contributed by atoms with E-state index in [1.54, 1.807) is 11.3 Å². The van der Waals surface area contributed by atoms with Crippen molar-refractivity contribution in [3.05, 3.63) is 11.1 Å². The fraction of sp³-hybridized carbons (Fsp3) is 0.714. The number of hydrogen-bond acceptors (Lipinski definition) is 6. The van der Waals surface area contributed by atoms with Crippen molar-refractivity contribution in [1.82, 2.24) is 4.98 Å². The molecule has 4 nitrogen and oxygen atoms in total. The van der Waals surface area contributed by atoms with Gasteiger partial charge in [0.1, 0.15) is 5.41 Å². The summed E-state index contributed by atoms with van der Waals surface area (Å²) in [5.41, 5.74) is 0.115. The lowest BCUT2D eigenvalue weighted by atomic mass is 9.90. The minimum atomic E-state index is -0.684. The van der Waals surface area contributed by atoms with Crippen LogP contribution in [0.3, 0.4) is 0 Å². The lowest BCUT2D eigenvalue weighted by Gasteiger charge is -2.23. The van der Waals surface area contributed by atoms with Crippen LogP contribution in [-0.2, 0) is 14.9 Å². The highest BCUT2D eigenvalue weighted by molar-refractivity contribution is 7.99. The fourth-order valence-corrected chi connectivity index (χ4v) is 4.41. The van der Waals surface area contributed by atoms with E-state index in [4.69, 9.17) is 4.74 Å². The highest BCUT2D eigenvalue weighted by Crippen LogP contribution is 2.32. The Balaban J connectivity index is 2.13. The quantitative estimate of drug-likeness (QED) is 0.782. The van der Waals surface area contributed by atoms with Crippen molar-refractivity contribution in [2.75, 3.05) is 30.1 Å². The Labute approximate surface area is 128 Å². The zero-order chi connectivity index (χ0) is 14.8. The molecule has 0 radical (unpaired) electrons. The molecule has 0 spiro atoms. The Bertz CT molecular complexity index is 467. The Morgan fingerprint density at radius 1 is 1.60 bits per heavy atom. The molecule has 0 bridgehead atoms. The minimum absolute atomic E-state index is 0.212. The number of carbonyl (C=O) groups is 1. The van der Waals surface area contributed by atoms with Crippen molar-refractivity contribution in [3.8, 4) is 0 Å². The molecular formula is C14H22N2O2S2. The molecule has 6 heteroatoms. The van der Waals surface area contributed by atoms with Crippen LogP contribution < -0.4 is 4.90 Å². The molecule has 1 aliphatic heterocycles. The predicted molar refractivity (Wildman–Crippen MR) is 85.9 cm³/mol. The van der Waals surface area contributed by atoms with Crippen molar-refractivity contribution >= 4 is 34.2 Å². The zero-order valence-corrected chi connectivity index (χ0v) is 14.1. The van der Waals surface area contributed by atoms with Gasteiger partial charge in [-0.3, -0.25) is 4.79 Å². The standard InChI is InChI=1S/C14H22N2O2S2/c1-5-18-12(17)14(2,3)11-9-20-13(15-11)16(4)10-6-7-19-8-10/h9-10H,5-8H2,1-4H3. The average molecular weight is 314 g/mol. The Hall–Kier alpha value is -0.750. The van der Waals surface area contributed by atoms with E-state index in [1.807, 2.05) is 37.9 Å². The number of aromatic nitrogens is 1. The number of thioether (sulfide) groups is 1. The summed E-state index contributed by atoms with van der Waals surface area (Å²) in [5.74, 6) is 2.17. The van der Waals surface area contributed by atoms with Crippen molar-refractivity contribution in [1.29, 1.82) is 0 Å². The second-order valence-corrected chi connectivity index (χ2v) is 7.48. The molecule has 0 aromatic carbocycles. The number of thiazole rings is 1. The molecule has 1 aromatic rings. The van der Waals surface area contributed by atoms with Crippen LogP contribution in [-0.4, -0.2) is 42.2 Å². The molecule has 1 atom stereocenters. The molecule has 2 heterocycles. The van der Waals surface area contributed by atoms with Gasteiger partial charge in [-0.15, -0.1) is 11.3 Å². The van der Waals surface area contributed by atoms with Crippen molar-refractivity contribution in [2.24, 2.45) is 0 Å². The van der Waals surface area contributed by atoms with E-state index in [9.17, 15) is 4.79 Å². The summed E-state index contributed by atoms with van der Waals surface area (Å²) in [6, 6.07) is 0.560. The van der Waals surface area contributed by atoms with Crippen LogP contribution in [0.2, 0.25) is 0 Å². The maximum atomic E-state index is 12.0. The van der Waals surface area contributed by atoms with E-state index < -0.39 is 5.41 Å². The molecule has 1 saturated heterocycles. The number of rotatable bonds is 5. The van der Waals surface area contributed by atoms with Crippen LogP contribution in [0.5, 0.6) is 0 Å². The molecule has 0 aliphatic carbocycles. The first-order chi connectivity index (χ1) is 9.46. The van der Waals surface area contributed by atoms with Crippen molar-refractivity contribution in [3.63, 3.8) is 0 Å². The zero-order valence-electron chi connectivity index (χ0n) is 12.5. The maximum absolute atomic E-state index is 12.0. The lowest BCUT2D eigenvalue weighted by Crippen LogP contribution is -2.33. The van der Waals surface area contributed by atoms with Gasteiger partial charge in [0.25, 0.3) is 0 Å². The van der Waals surface area contributed by atoms with Crippen LogP contribution in [0.1, 0.15) is 32.9 Å². The Morgan fingerprint density at radius 2 is 2.35 bits per heavy atom. The predicted octanol–water partition coefficient (Wildman–Crippen LogP) is 2.93. The van der Waals surface area contributed by atoms with Gasteiger partial charge in [0.15, 0.2) is 5.13 Å². The number of carbonyl (C=O) groups excluding carboxylic acids is 1. The Morgan fingerprint density at radius 3 is 2.95 bits per heavy atom. The third-order valence-corrected chi connectivity index (χ3v) is 5.75. The van der Waals surface area contributed by atoms with Gasteiger partial charge in [0, 0.05) is 24.2 Å². The highest BCUT2D eigenvalue weighted by atomic mass is 32.2. The molecule has 1 aromatic heterocycles. The topological polar surface area (TPSA) is 42.4 Å². The highest BCUT2D eigenvalue weighted by Gasteiger charge is 2.34. The van der Waals surface area contributed by atoms with E-state index in [1.165, 1.54) is 12.2 Å². The molecule has 1 fully saturated rings. The number of hydrogen-bond donors (Lipinski definition) is 0. The van der Waals surface area contributed by atoms with Crippen LogP contribution in [0.25, 0.3) is 0 Å². The molecule has 0 N–H and O–H groups in total. The molecule has 0 saturated carbocycles. The van der Waals surface area contributed by atoms with Gasteiger partial charge in [-0.25, -0.2) is 4.98 Å². The molecule has 2 rings (SSSR count). The monoisotopic (exact) mass is 314 g/mol. The van der Waals surface area contributed by atoms with Crippen LogP contribution in [0.15, 0.2) is 5.38 Å². The van der Waals surface area contributed by atoms with E-state index in [-0.39, 0.29) is 5.97 Å². The van der Waals surface area contributed by atoms with Gasteiger partial charge in [0.2, 0.25) is 0 Å². The third-order valence-electron chi connectivity index (χ3n) is 3.67. The summed E-state index contributed by atoms with van der Waals surface area (Å²) < 4.78 is 5.14. The van der Waals surface area contributed by atoms with Gasteiger partial charge in [-0.2, -0.15) is 11.8 Å². The van der Waals surface area contributed by atoms with E-state index >= 15 is 0 Å². The van der Waals surface area contributed by atoms with E-state index in [0.29, 0.717) is 12.6 Å². The van der Waals surface area contributed by atoms with Gasteiger partial charge in [-0.1, -0.05) is 0 Å². The molecule has 1 unspecified atom stereocenters. The molecule has 1 aliphatic rings. The normalized spacial score (nSPS) is 19.1. The maximum Gasteiger partial charge on any atom is 0.317 e. The summed E-state index contributed by atoms with van der Waals surface area (Å²) in [4.78, 5) is 18.9.